The molecule has 6 rings (SSSR count). The van der Waals surface area contributed by atoms with E-state index < -0.39 is 11.8 Å². The predicted molar refractivity (Wildman–Crippen MR) is 131 cm³/mol. The Bertz CT molecular complexity index is 1140. The second kappa shape index (κ2) is 8.69. The van der Waals surface area contributed by atoms with Crippen molar-refractivity contribution >= 4 is 11.6 Å². The van der Waals surface area contributed by atoms with Crippen molar-refractivity contribution in [2.24, 2.45) is 5.92 Å². The maximum Gasteiger partial charge on any atom is 0.245 e. The van der Waals surface area contributed by atoms with Crippen LogP contribution in [0.3, 0.4) is 0 Å². The summed E-state index contributed by atoms with van der Waals surface area (Å²) in [6.07, 6.45) is 2.41. The van der Waals surface area contributed by atoms with E-state index in [0.29, 0.717) is 29.7 Å². The Hall–Kier alpha value is -2.81. The third kappa shape index (κ3) is 3.66. The molecule has 0 saturated carbocycles. The van der Waals surface area contributed by atoms with Crippen LogP contribution >= 0.6 is 0 Å². The Morgan fingerprint density at radius 3 is 2.74 bits per heavy atom. The second-order valence-corrected chi connectivity index (χ2v) is 10.4. The number of piperidine rings is 1. The van der Waals surface area contributed by atoms with Crippen LogP contribution in [0.2, 0.25) is 0 Å². The molecule has 8 heteroatoms. The first-order valence-electron chi connectivity index (χ1n) is 12.6. The molecule has 186 valence electrons. The molecular formula is C27H33N3O5. The number of hydrogen-bond acceptors (Lipinski definition) is 7. The molecule has 0 radical (unpaired) electrons. The van der Waals surface area contributed by atoms with E-state index in [4.69, 9.17) is 14.2 Å². The summed E-state index contributed by atoms with van der Waals surface area (Å²) in [6.45, 7) is 6.89. The van der Waals surface area contributed by atoms with E-state index in [1.807, 2.05) is 55.1 Å². The molecule has 2 N–H and O–H groups in total. The van der Waals surface area contributed by atoms with Crippen LogP contribution in [-0.2, 0) is 10.2 Å². The number of aliphatic hydroxyl groups is 1. The van der Waals surface area contributed by atoms with Gasteiger partial charge in [0.2, 0.25) is 12.7 Å². The van der Waals surface area contributed by atoms with Crippen molar-refractivity contribution in [1.29, 1.82) is 0 Å². The van der Waals surface area contributed by atoms with Gasteiger partial charge in [-0.3, -0.25) is 15.0 Å². The van der Waals surface area contributed by atoms with Crippen LogP contribution in [-0.4, -0.2) is 61.3 Å². The molecule has 3 atom stereocenters. The van der Waals surface area contributed by atoms with Gasteiger partial charge in [-0.2, -0.15) is 0 Å². The number of likely N-dealkylation sites (tertiary alicyclic amines) is 1. The molecule has 0 aromatic heterocycles. The van der Waals surface area contributed by atoms with Crippen molar-refractivity contribution in [3.8, 4) is 17.2 Å². The zero-order chi connectivity index (χ0) is 24.2. The number of aliphatic hydroxyl groups excluding tert-OH is 1. The SMILES string of the molecule is CC(C)NC(O)N1CCCC(CCN2C(=O)C3(COc4cc5c(cc43)OCO5)c3ccccc32)C1. The summed E-state index contributed by atoms with van der Waals surface area (Å²) in [7, 11) is 0. The van der Waals surface area contributed by atoms with Crippen molar-refractivity contribution < 1.29 is 24.1 Å². The maximum absolute atomic E-state index is 14.1. The van der Waals surface area contributed by atoms with Crippen molar-refractivity contribution in [2.45, 2.75) is 50.9 Å². The largest absolute Gasteiger partial charge is 0.491 e. The number of anilines is 1. The van der Waals surface area contributed by atoms with E-state index >= 15 is 0 Å². The molecule has 0 bridgehead atoms. The predicted octanol–water partition coefficient (Wildman–Crippen LogP) is 2.82. The van der Waals surface area contributed by atoms with Gasteiger partial charge in [0.1, 0.15) is 17.8 Å². The van der Waals surface area contributed by atoms with Crippen LogP contribution in [0.4, 0.5) is 5.69 Å². The molecule has 2 aromatic rings. The van der Waals surface area contributed by atoms with Gasteiger partial charge >= 0.3 is 0 Å². The van der Waals surface area contributed by atoms with Crippen LogP contribution in [0.5, 0.6) is 17.2 Å². The molecule has 2 aromatic carbocycles. The molecule has 1 spiro atoms. The number of rotatable bonds is 6. The number of fused-ring (bicyclic) bond motifs is 5. The number of para-hydroxylation sites is 1. The summed E-state index contributed by atoms with van der Waals surface area (Å²) in [6, 6.07) is 12.1. The van der Waals surface area contributed by atoms with Crippen LogP contribution in [0.1, 0.15) is 44.2 Å². The zero-order valence-electron chi connectivity index (χ0n) is 20.3. The van der Waals surface area contributed by atoms with Gasteiger partial charge in [0.15, 0.2) is 17.9 Å². The average molecular weight is 480 g/mol. The molecule has 3 unspecified atom stereocenters. The van der Waals surface area contributed by atoms with E-state index in [0.717, 1.165) is 49.2 Å². The van der Waals surface area contributed by atoms with Crippen molar-refractivity contribution in [3.63, 3.8) is 0 Å². The molecule has 4 aliphatic heterocycles. The van der Waals surface area contributed by atoms with Crippen LogP contribution < -0.4 is 24.4 Å². The number of carbonyl (C=O) groups is 1. The highest BCUT2D eigenvalue weighted by Crippen LogP contribution is 2.55. The molecule has 1 amide bonds. The third-order valence-corrected chi connectivity index (χ3v) is 7.78. The molecular weight excluding hydrogens is 446 g/mol. The zero-order valence-corrected chi connectivity index (χ0v) is 20.3. The van der Waals surface area contributed by atoms with Crippen LogP contribution in [0, 0.1) is 5.92 Å². The van der Waals surface area contributed by atoms with E-state index in [-0.39, 0.29) is 25.3 Å². The summed E-state index contributed by atoms with van der Waals surface area (Å²) in [5.41, 5.74) is 1.95. The molecule has 8 nitrogen and oxygen atoms in total. The topological polar surface area (TPSA) is 83.5 Å². The van der Waals surface area contributed by atoms with Crippen molar-refractivity contribution in [2.75, 3.05) is 37.9 Å². The summed E-state index contributed by atoms with van der Waals surface area (Å²) in [5, 5.41) is 13.7. The Balaban J connectivity index is 1.24. The number of nitrogens with one attached hydrogen (secondary N) is 1. The Morgan fingerprint density at radius 1 is 1.11 bits per heavy atom. The first-order valence-corrected chi connectivity index (χ1v) is 12.6. The van der Waals surface area contributed by atoms with Crippen LogP contribution in [0.15, 0.2) is 36.4 Å². The van der Waals surface area contributed by atoms with Gasteiger partial charge < -0.3 is 24.2 Å². The molecule has 0 aliphatic carbocycles. The number of carbonyl (C=O) groups excluding carboxylic acids is 1. The number of hydrogen-bond donors (Lipinski definition) is 2. The minimum atomic E-state index is -0.858. The smallest absolute Gasteiger partial charge is 0.245 e. The minimum Gasteiger partial charge on any atom is -0.491 e. The van der Waals surface area contributed by atoms with Gasteiger partial charge in [-0.25, -0.2) is 0 Å². The molecule has 1 saturated heterocycles. The molecule has 1 fully saturated rings. The first-order chi connectivity index (χ1) is 17.0. The van der Waals surface area contributed by atoms with Gasteiger partial charge in [0, 0.05) is 43.0 Å². The van der Waals surface area contributed by atoms with E-state index in [2.05, 4.69) is 10.2 Å². The molecule has 35 heavy (non-hydrogen) atoms. The number of amides is 1. The number of ether oxygens (including phenoxy) is 3. The van der Waals surface area contributed by atoms with E-state index in [1.165, 1.54) is 0 Å². The fourth-order valence-corrected chi connectivity index (χ4v) is 6.06. The van der Waals surface area contributed by atoms with Crippen molar-refractivity contribution in [3.05, 3.63) is 47.5 Å². The van der Waals surface area contributed by atoms with E-state index in [9.17, 15) is 9.90 Å². The lowest BCUT2D eigenvalue weighted by molar-refractivity contribution is -0.122. The maximum atomic E-state index is 14.1. The highest BCUT2D eigenvalue weighted by molar-refractivity contribution is 6.11. The summed E-state index contributed by atoms with van der Waals surface area (Å²) < 4.78 is 17.2. The lowest BCUT2D eigenvalue weighted by atomic mass is 9.77. The molecule has 4 aliphatic rings. The number of nitrogens with zero attached hydrogens (tertiary/aromatic N) is 2. The minimum absolute atomic E-state index is 0.0606. The van der Waals surface area contributed by atoms with Crippen molar-refractivity contribution in [1.82, 2.24) is 10.2 Å². The summed E-state index contributed by atoms with van der Waals surface area (Å²) in [4.78, 5) is 18.2. The van der Waals surface area contributed by atoms with Crippen LogP contribution in [0.25, 0.3) is 0 Å². The Kier molecular flexibility index (Phi) is 5.62. The summed E-state index contributed by atoms with van der Waals surface area (Å²) >= 11 is 0. The number of benzene rings is 2. The second-order valence-electron chi connectivity index (χ2n) is 10.4. The van der Waals surface area contributed by atoms with Gasteiger partial charge in [0.25, 0.3) is 0 Å². The van der Waals surface area contributed by atoms with E-state index in [1.54, 1.807) is 0 Å². The third-order valence-electron chi connectivity index (χ3n) is 7.78. The summed E-state index contributed by atoms with van der Waals surface area (Å²) in [5.74, 6) is 2.49. The fourth-order valence-electron chi connectivity index (χ4n) is 6.06. The normalized spacial score (nSPS) is 25.8. The highest BCUT2D eigenvalue weighted by Gasteiger charge is 2.57. The quantitative estimate of drug-likeness (QED) is 0.617. The van der Waals surface area contributed by atoms with Gasteiger partial charge in [0.05, 0.1) is 0 Å². The monoisotopic (exact) mass is 479 g/mol. The van der Waals surface area contributed by atoms with Gasteiger partial charge in [-0.05, 0) is 56.7 Å². The standard InChI is InChI=1S/C27H33N3O5/c1-17(2)28-26(32)29-10-5-6-18(14-29)9-11-30-21-8-4-3-7-19(21)27(25(30)31)15-33-22-13-24-23(12-20(22)27)34-16-35-24/h3-4,7-8,12-13,17-18,26,28,32H,5-6,9-11,14-16H2,1-2H3. The Morgan fingerprint density at radius 2 is 1.91 bits per heavy atom. The average Bonchev–Trinajstić information content (AvgIpc) is 3.53. The fraction of sp³-hybridized carbons (Fsp3) is 0.519. The van der Waals surface area contributed by atoms with Gasteiger partial charge in [-0.1, -0.05) is 18.2 Å². The lowest BCUT2D eigenvalue weighted by Gasteiger charge is -2.37. The highest BCUT2D eigenvalue weighted by atomic mass is 16.7. The first kappa shape index (κ1) is 22.6. The molecule has 4 heterocycles. The lowest BCUT2D eigenvalue weighted by Crippen LogP contribution is -2.52. The Labute approximate surface area is 205 Å². The van der Waals surface area contributed by atoms with Gasteiger partial charge in [-0.15, -0.1) is 0 Å².